The number of hydrogen-bond acceptors (Lipinski definition) is 4. The van der Waals surface area contributed by atoms with Gasteiger partial charge in [-0.3, -0.25) is 4.79 Å². The number of ether oxygens (including phenoxy) is 3. The van der Waals surface area contributed by atoms with E-state index in [2.05, 4.69) is 19.2 Å². The molecule has 3 aromatic carbocycles. The zero-order valence-electron chi connectivity index (χ0n) is 18.5. The van der Waals surface area contributed by atoms with Gasteiger partial charge in [-0.15, -0.1) is 0 Å². The van der Waals surface area contributed by atoms with E-state index >= 15 is 0 Å². The largest absolute Gasteiger partial charge is 0.496 e. The lowest BCUT2D eigenvalue weighted by Crippen LogP contribution is -2.23. The Morgan fingerprint density at radius 2 is 1.68 bits per heavy atom. The molecule has 0 spiro atoms. The summed E-state index contributed by atoms with van der Waals surface area (Å²) >= 11 is 0. The fourth-order valence-electron chi connectivity index (χ4n) is 3.22. The van der Waals surface area contributed by atoms with Crippen LogP contribution in [0, 0.1) is 13.8 Å². The minimum absolute atomic E-state index is 0.165. The van der Waals surface area contributed by atoms with Crippen LogP contribution in [0.2, 0.25) is 0 Å². The number of carbonyl (C=O) groups is 1. The molecule has 31 heavy (non-hydrogen) atoms. The van der Waals surface area contributed by atoms with Gasteiger partial charge in [-0.25, -0.2) is 0 Å². The van der Waals surface area contributed by atoms with E-state index in [1.807, 2.05) is 61.5 Å². The molecule has 3 aromatic rings. The zero-order valence-corrected chi connectivity index (χ0v) is 18.5. The van der Waals surface area contributed by atoms with Crippen molar-refractivity contribution in [2.24, 2.45) is 0 Å². The number of nitrogens with one attached hydrogen (secondary N) is 1. The standard InChI is InChI=1S/C26H29NO4/c1-5-30-25-13-11-20(26(28)27-16-21-8-6-7-9-24(21)29-4)15-22(25)17-31-23-12-10-18(2)19(3)14-23/h6-15H,5,16-17H2,1-4H3,(H,27,28). The highest BCUT2D eigenvalue weighted by molar-refractivity contribution is 5.94. The number of rotatable bonds is 9. The maximum atomic E-state index is 12.8. The van der Waals surface area contributed by atoms with Crippen molar-refractivity contribution in [3.8, 4) is 17.2 Å². The number of benzene rings is 3. The molecule has 0 aliphatic heterocycles. The minimum atomic E-state index is -0.165. The molecule has 0 unspecified atom stereocenters. The van der Waals surface area contributed by atoms with Crippen LogP contribution in [0.3, 0.4) is 0 Å². The molecule has 0 heterocycles. The summed E-state index contributed by atoms with van der Waals surface area (Å²) in [4.78, 5) is 12.8. The molecule has 0 aliphatic carbocycles. The Morgan fingerprint density at radius 1 is 0.871 bits per heavy atom. The predicted molar refractivity (Wildman–Crippen MR) is 122 cm³/mol. The van der Waals surface area contributed by atoms with Gasteiger partial charge in [0, 0.05) is 23.2 Å². The normalized spacial score (nSPS) is 10.5. The summed E-state index contributed by atoms with van der Waals surface area (Å²) in [5.74, 6) is 2.09. The second kappa shape index (κ2) is 10.5. The molecular formula is C26H29NO4. The number of hydrogen-bond donors (Lipinski definition) is 1. The van der Waals surface area contributed by atoms with Gasteiger partial charge < -0.3 is 19.5 Å². The van der Waals surface area contributed by atoms with E-state index in [0.717, 1.165) is 22.6 Å². The number of amides is 1. The molecule has 1 N–H and O–H groups in total. The Kier molecular flexibility index (Phi) is 7.55. The maximum Gasteiger partial charge on any atom is 0.251 e. The fraction of sp³-hybridized carbons (Fsp3) is 0.269. The lowest BCUT2D eigenvalue weighted by atomic mass is 10.1. The van der Waals surface area contributed by atoms with Crippen molar-refractivity contribution < 1.29 is 19.0 Å². The van der Waals surface area contributed by atoms with Gasteiger partial charge in [0.25, 0.3) is 5.91 Å². The first-order valence-corrected chi connectivity index (χ1v) is 10.4. The third-order valence-electron chi connectivity index (χ3n) is 5.13. The van der Waals surface area contributed by atoms with Crippen molar-refractivity contribution in [3.63, 3.8) is 0 Å². The quantitative estimate of drug-likeness (QED) is 0.517. The number of methoxy groups -OCH3 is 1. The molecule has 0 bridgehead atoms. The van der Waals surface area contributed by atoms with Gasteiger partial charge in [0.2, 0.25) is 0 Å². The lowest BCUT2D eigenvalue weighted by molar-refractivity contribution is 0.0950. The van der Waals surface area contributed by atoms with Gasteiger partial charge in [-0.1, -0.05) is 24.3 Å². The summed E-state index contributed by atoms with van der Waals surface area (Å²) in [6.07, 6.45) is 0. The highest BCUT2D eigenvalue weighted by atomic mass is 16.5. The van der Waals surface area contributed by atoms with E-state index < -0.39 is 0 Å². The third-order valence-corrected chi connectivity index (χ3v) is 5.13. The van der Waals surface area contributed by atoms with E-state index in [9.17, 15) is 4.79 Å². The van der Waals surface area contributed by atoms with Crippen LogP contribution in [0.25, 0.3) is 0 Å². The van der Waals surface area contributed by atoms with E-state index in [-0.39, 0.29) is 5.91 Å². The van der Waals surface area contributed by atoms with Crippen LogP contribution in [0.5, 0.6) is 17.2 Å². The van der Waals surface area contributed by atoms with Crippen molar-refractivity contribution in [1.82, 2.24) is 5.32 Å². The Bertz CT molecular complexity index is 1050. The molecule has 0 radical (unpaired) electrons. The minimum Gasteiger partial charge on any atom is -0.496 e. The monoisotopic (exact) mass is 419 g/mol. The zero-order chi connectivity index (χ0) is 22.2. The first-order chi connectivity index (χ1) is 15.0. The summed E-state index contributed by atoms with van der Waals surface area (Å²) in [6.45, 7) is 7.29. The molecule has 1 amide bonds. The Balaban J connectivity index is 1.73. The summed E-state index contributed by atoms with van der Waals surface area (Å²) in [7, 11) is 1.62. The van der Waals surface area contributed by atoms with Gasteiger partial charge in [-0.2, -0.15) is 0 Å². The van der Waals surface area contributed by atoms with Gasteiger partial charge in [0.05, 0.1) is 13.7 Å². The SMILES string of the molecule is CCOc1ccc(C(=O)NCc2ccccc2OC)cc1COc1ccc(C)c(C)c1. The second-order valence-corrected chi connectivity index (χ2v) is 7.28. The number of aryl methyl sites for hydroxylation is 2. The van der Waals surface area contributed by atoms with Crippen LogP contribution in [-0.2, 0) is 13.2 Å². The molecule has 0 aromatic heterocycles. The Labute approximate surface area is 184 Å². The topological polar surface area (TPSA) is 56.8 Å². The predicted octanol–water partition coefficient (Wildman–Crippen LogP) is 5.22. The van der Waals surface area contributed by atoms with Gasteiger partial charge in [0.15, 0.2) is 0 Å². The lowest BCUT2D eigenvalue weighted by Gasteiger charge is -2.14. The van der Waals surface area contributed by atoms with Crippen molar-refractivity contribution in [1.29, 1.82) is 0 Å². The first-order valence-electron chi connectivity index (χ1n) is 10.4. The molecule has 0 fully saturated rings. The molecule has 162 valence electrons. The van der Waals surface area contributed by atoms with Crippen LogP contribution in [-0.4, -0.2) is 19.6 Å². The average Bonchev–Trinajstić information content (AvgIpc) is 2.79. The first kappa shape index (κ1) is 22.2. The summed E-state index contributed by atoms with van der Waals surface area (Å²) in [5, 5.41) is 2.96. The van der Waals surface area contributed by atoms with Crippen LogP contribution in [0.4, 0.5) is 0 Å². The molecule has 0 saturated carbocycles. The van der Waals surface area contributed by atoms with Gasteiger partial charge >= 0.3 is 0 Å². The summed E-state index contributed by atoms with van der Waals surface area (Å²) < 4.78 is 17.1. The molecule has 5 heteroatoms. The number of para-hydroxylation sites is 1. The molecule has 0 aliphatic rings. The highest BCUT2D eigenvalue weighted by Gasteiger charge is 2.12. The van der Waals surface area contributed by atoms with E-state index in [0.29, 0.717) is 31.1 Å². The molecule has 0 atom stereocenters. The molecule has 0 saturated heterocycles. The van der Waals surface area contributed by atoms with Crippen LogP contribution >= 0.6 is 0 Å². The van der Waals surface area contributed by atoms with Crippen LogP contribution in [0.15, 0.2) is 60.7 Å². The second-order valence-electron chi connectivity index (χ2n) is 7.28. The van der Waals surface area contributed by atoms with E-state index in [4.69, 9.17) is 14.2 Å². The molecule has 3 rings (SSSR count). The molecular weight excluding hydrogens is 390 g/mol. The van der Waals surface area contributed by atoms with Crippen molar-refractivity contribution in [2.45, 2.75) is 33.9 Å². The number of carbonyl (C=O) groups excluding carboxylic acids is 1. The highest BCUT2D eigenvalue weighted by Crippen LogP contribution is 2.24. The van der Waals surface area contributed by atoms with Crippen LogP contribution in [0.1, 0.15) is 39.5 Å². The Hall–Kier alpha value is -3.47. The molecule has 5 nitrogen and oxygen atoms in total. The Morgan fingerprint density at radius 3 is 2.42 bits per heavy atom. The fourth-order valence-corrected chi connectivity index (χ4v) is 3.22. The summed E-state index contributed by atoms with van der Waals surface area (Å²) in [5.41, 5.74) is 4.69. The average molecular weight is 420 g/mol. The van der Waals surface area contributed by atoms with Crippen LogP contribution < -0.4 is 19.5 Å². The van der Waals surface area contributed by atoms with Crippen molar-refractivity contribution >= 4 is 5.91 Å². The van der Waals surface area contributed by atoms with Crippen molar-refractivity contribution in [3.05, 3.63) is 88.5 Å². The van der Waals surface area contributed by atoms with Gasteiger partial charge in [-0.05, 0) is 68.3 Å². The maximum absolute atomic E-state index is 12.8. The van der Waals surface area contributed by atoms with Gasteiger partial charge in [0.1, 0.15) is 23.9 Å². The summed E-state index contributed by atoms with van der Waals surface area (Å²) in [6, 6.07) is 19.0. The smallest absolute Gasteiger partial charge is 0.251 e. The third kappa shape index (κ3) is 5.79. The van der Waals surface area contributed by atoms with Crippen molar-refractivity contribution in [2.75, 3.05) is 13.7 Å². The van der Waals surface area contributed by atoms with E-state index in [1.54, 1.807) is 13.2 Å². The van der Waals surface area contributed by atoms with E-state index in [1.165, 1.54) is 11.1 Å².